The number of aliphatic hydroxyl groups excluding tert-OH is 1. The third-order valence-electron chi connectivity index (χ3n) is 1.57. The van der Waals surface area contributed by atoms with Gasteiger partial charge < -0.3 is 5.11 Å². The van der Waals surface area contributed by atoms with Crippen LogP contribution in [0.1, 0.15) is 12.5 Å². The van der Waals surface area contributed by atoms with Gasteiger partial charge in [0, 0.05) is 5.75 Å². The molecule has 0 saturated heterocycles. The van der Waals surface area contributed by atoms with Crippen molar-refractivity contribution >= 4 is 16.9 Å². The predicted molar refractivity (Wildman–Crippen MR) is 54.4 cm³/mol. The van der Waals surface area contributed by atoms with Crippen molar-refractivity contribution in [1.29, 1.82) is 0 Å². The molecule has 3 heteroatoms. The van der Waals surface area contributed by atoms with Crippen LogP contribution < -0.4 is 0 Å². The largest absolute Gasteiger partial charge is 0.385 e. The molecule has 0 aliphatic carbocycles. The lowest BCUT2D eigenvalue weighted by Gasteiger charge is -2.02. The molecule has 1 N–H and O–H groups in total. The molecule has 13 heavy (non-hydrogen) atoms. The fraction of sp³-hybridized carbons (Fsp3) is 0.300. The number of carbonyl (C=O) groups is 1. The summed E-state index contributed by atoms with van der Waals surface area (Å²) in [5, 5.41) is 8.75. The minimum Gasteiger partial charge on any atom is -0.385 e. The van der Waals surface area contributed by atoms with Gasteiger partial charge in [0.1, 0.15) is 6.10 Å². The normalized spacial score (nSPS) is 12.5. The third kappa shape index (κ3) is 3.61. The van der Waals surface area contributed by atoms with Crippen molar-refractivity contribution in [1.82, 2.24) is 0 Å². The monoisotopic (exact) mass is 196 g/mol. The number of carbonyl (C=O) groups excluding carboxylic acids is 1. The summed E-state index contributed by atoms with van der Waals surface area (Å²) in [7, 11) is 0. The van der Waals surface area contributed by atoms with Gasteiger partial charge in [-0.3, -0.25) is 4.79 Å². The van der Waals surface area contributed by atoms with Crippen molar-refractivity contribution in [3.8, 4) is 0 Å². The van der Waals surface area contributed by atoms with Crippen LogP contribution in [0.2, 0.25) is 0 Å². The van der Waals surface area contributed by atoms with Gasteiger partial charge in [0.15, 0.2) is 0 Å². The molecule has 70 valence electrons. The lowest BCUT2D eigenvalue weighted by molar-refractivity contribution is -0.117. The molecule has 0 heterocycles. The molecule has 1 unspecified atom stereocenters. The van der Waals surface area contributed by atoms with Gasteiger partial charge in [0.25, 0.3) is 0 Å². The quantitative estimate of drug-likeness (QED) is 0.801. The van der Waals surface area contributed by atoms with Gasteiger partial charge in [-0.25, -0.2) is 0 Å². The molecule has 0 fully saturated rings. The molecular weight excluding hydrogens is 184 g/mol. The highest BCUT2D eigenvalue weighted by molar-refractivity contribution is 8.13. The smallest absolute Gasteiger partial charge is 0.217 e. The molecule has 0 radical (unpaired) electrons. The molecule has 0 spiro atoms. The van der Waals surface area contributed by atoms with E-state index < -0.39 is 6.10 Å². The third-order valence-corrected chi connectivity index (χ3v) is 2.67. The first kappa shape index (κ1) is 10.3. The van der Waals surface area contributed by atoms with Gasteiger partial charge >= 0.3 is 0 Å². The number of benzene rings is 1. The summed E-state index contributed by atoms with van der Waals surface area (Å²) in [5.74, 6) is 0.630. The fourth-order valence-corrected chi connectivity index (χ4v) is 1.59. The van der Waals surface area contributed by atoms with Crippen LogP contribution in [-0.4, -0.2) is 16.3 Å². The van der Waals surface area contributed by atoms with E-state index in [2.05, 4.69) is 0 Å². The summed E-state index contributed by atoms with van der Waals surface area (Å²) in [5.41, 5.74) is 1.10. The lowest BCUT2D eigenvalue weighted by Crippen LogP contribution is -2.11. The van der Waals surface area contributed by atoms with Gasteiger partial charge in [0.2, 0.25) is 5.12 Å². The van der Waals surface area contributed by atoms with Crippen LogP contribution in [0.15, 0.2) is 30.3 Å². The summed E-state index contributed by atoms with van der Waals surface area (Å²) < 4.78 is 0. The maximum absolute atomic E-state index is 11.0. The van der Waals surface area contributed by atoms with E-state index in [0.29, 0.717) is 5.75 Å². The molecule has 1 atom stereocenters. The van der Waals surface area contributed by atoms with Crippen molar-refractivity contribution in [2.75, 3.05) is 0 Å². The van der Waals surface area contributed by atoms with E-state index in [4.69, 9.17) is 5.11 Å². The summed E-state index contributed by atoms with van der Waals surface area (Å²) in [6.07, 6.45) is -0.867. The molecular formula is C10H12O2S. The maximum atomic E-state index is 11.0. The average molecular weight is 196 g/mol. The van der Waals surface area contributed by atoms with Crippen molar-refractivity contribution in [2.45, 2.75) is 18.8 Å². The van der Waals surface area contributed by atoms with Crippen LogP contribution in [0, 0.1) is 0 Å². The van der Waals surface area contributed by atoms with Gasteiger partial charge in [-0.05, 0) is 12.5 Å². The minimum absolute atomic E-state index is 0.177. The van der Waals surface area contributed by atoms with Crippen molar-refractivity contribution in [2.24, 2.45) is 0 Å². The van der Waals surface area contributed by atoms with E-state index in [-0.39, 0.29) is 5.12 Å². The Kier molecular flexibility index (Phi) is 3.99. The van der Waals surface area contributed by atoms with Gasteiger partial charge in [-0.15, -0.1) is 0 Å². The summed E-state index contributed by atoms with van der Waals surface area (Å²) in [6, 6.07) is 9.72. The van der Waals surface area contributed by atoms with Gasteiger partial charge in [0.05, 0.1) is 0 Å². The van der Waals surface area contributed by atoms with E-state index >= 15 is 0 Å². The highest BCUT2D eigenvalue weighted by Crippen LogP contribution is 2.13. The molecule has 0 saturated carbocycles. The number of hydrogen-bond donors (Lipinski definition) is 1. The van der Waals surface area contributed by atoms with Gasteiger partial charge in [-0.2, -0.15) is 0 Å². The molecule has 0 aliphatic rings. The highest BCUT2D eigenvalue weighted by Gasteiger charge is 2.08. The predicted octanol–water partition coefficient (Wildman–Crippen LogP) is 1.83. The molecule has 1 aromatic rings. The van der Waals surface area contributed by atoms with Crippen LogP contribution in [0.5, 0.6) is 0 Å². The Morgan fingerprint density at radius 2 is 2.08 bits per heavy atom. The van der Waals surface area contributed by atoms with Gasteiger partial charge in [-0.1, -0.05) is 42.1 Å². The SMILES string of the molecule is CC(O)C(=O)SCc1ccccc1. The molecule has 1 rings (SSSR count). The fourth-order valence-electron chi connectivity index (χ4n) is 0.849. The van der Waals surface area contributed by atoms with Crippen LogP contribution >= 0.6 is 11.8 Å². The van der Waals surface area contributed by atoms with Crippen LogP contribution in [0.3, 0.4) is 0 Å². The van der Waals surface area contributed by atoms with E-state index in [1.54, 1.807) is 0 Å². The first-order valence-electron chi connectivity index (χ1n) is 4.09. The average Bonchev–Trinajstić information content (AvgIpc) is 2.15. The first-order chi connectivity index (χ1) is 6.20. The molecule has 2 nitrogen and oxygen atoms in total. The lowest BCUT2D eigenvalue weighted by atomic mass is 10.2. The van der Waals surface area contributed by atoms with E-state index in [1.165, 1.54) is 6.92 Å². The van der Waals surface area contributed by atoms with E-state index in [0.717, 1.165) is 17.3 Å². The first-order valence-corrected chi connectivity index (χ1v) is 5.07. The van der Waals surface area contributed by atoms with Crippen molar-refractivity contribution in [3.63, 3.8) is 0 Å². The molecule has 0 amide bonds. The highest BCUT2D eigenvalue weighted by atomic mass is 32.2. The number of aliphatic hydroxyl groups is 1. The standard InChI is InChI=1S/C10H12O2S/c1-8(11)10(12)13-7-9-5-3-2-4-6-9/h2-6,8,11H,7H2,1H3. The molecule has 0 aliphatic heterocycles. The Hall–Kier alpha value is -0.800. The zero-order valence-corrected chi connectivity index (χ0v) is 8.25. The topological polar surface area (TPSA) is 37.3 Å². The molecule has 0 bridgehead atoms. The number of hydrogen-bond acceptors (Lipinski definition) is 3. The Bertz CT molecular complexity index is 270. The van der Waals surface area contributed by atoms with Crippen molar-refractivity contribution in [3.05, 3.63) is 35.9 Å². The van der Waals surface area contributed by atoms with E-state index in [1.807, 2.05) is 30.3 Å². The second-order valence-corrected chi connectivity index (χ2v) is 3.75. The van der Waals surface area contributed by atoms with E-state index in [9.17, 15) is 4.79 Å². The summed E-state index contributed by atoms with van der Waals surface area (Å²) in [4.78, 5) is 11.0. The Morgan fingerprint density at radius 3 is 2.62 bits per heavy atom. The second kappa shape index (κ2) is 5.04. The maximum Gasteiger partial charge on any atom is 0.217 e. The second-order valence-electron chi connectivity index (χ2n) is 2.77. The van der Waals surface area contributed by atoms with Crippen molar-refractivity contribution < 1.29 is 9.90 Å². The zero-order chi connectivity index (χ0) is 9.68. The number of rotatable bonds is 3. The number of thioether (sulfide) groups is 1. The summed E-state index contributed by atoms with van der Waals surface area (Å²) in [6.45, 7) is 1.49. The Morgan fingerprint density at radius 1 is 1.46 bits per heavy atom. The minimum atomic E-state index is -0.867. The zero-order valence-electron chi connectivity index (χ0n) is 7.43. The molecule has 1 aromatic carbocycles. The summed E-state index contributed by atoms with van der Waals surface area (Å²) >= 11 is 1.15. The van der Waals surface area contributed by atoms with Crippen LogP contribution in [-0.2, 0) is 10.5 Å². The Labute approximate surface area is 82.0 Å². The molecule has 0 aromatic heterocycles. The van der Waals surface area contributed by atoms with Crippen LogP contribution in [0.4, 0.5) is 0 Å². The Balaban J connectivity index is 2.40. The van der Waals surface area contributed by atoms with Crippen LogP contribution in [0.25, 0.3) is 0 Å².